The van der Waals surface area contributed by atoms with Gasteiger partial charge in [0.05, 0.1) is 0 Å². The molecule has 0 aliphatic heterocycles. The fourth-order valence-electron chi connectivity index (χ4n) is 2.08. The molecule has 18 heavy (non-hydrogen) atoms. The van der Waals surface area contributed by atoms with Gasteiger partial charge in [-0.15, -0.1) is 11.3 Å². The van der Waals surface area contributed by atoms with Crippen molar-refractivity contribution in [2.24, 2.45) is 0 Å². The average molecular weight is 289 g/mol. The smallest absolute Gasteiger partial charge is 0.345 e. The Hall–Kier alpha value is -0.920. The predicted octanol–water partition coefficient (Wildman–Crippen LogP) is 2.06. The van der Waals surface area contributed by atoms with Gasteiger partial charge >= 0.3 is 5.97 Å². The van der Waals surface area contributed by atoms with Crippen LogP contribution in [-0.4, -0.2) is 25.5 Å². The van der Waals surface area contributed by atoms with E-state index in [-0.39, 0.29) is 15.1 Å². The molecule has 0 radical (unpaired) electrons. The third-order valence-electron chi connectivity index (χ3n) is 2.98. The van der Waals surface area contributed by atoms with Gasteiger partial charge in [0.25, 0.3) is 0 Å². The Morgan fingerprint density at radius 3 is 2.50 bits per heavy atom. The van der Waals surface area contributed by atoms with Crippen molar-refractivity contribution in [2.75, 3.05) is 0 Å². The fourth-order valence-corrected chi connectivity index (χ4v) is 4.54. The Labute approximate surface area is 110 Å². The summed E-state index contributed by atoms with van der Waals surface area (Å²) in [5.74, 6) is -1.10. The van der Waals surface area contributed by atoms with E-state index < -0.39 is 16.0 Å². The normalized spacial score (nSPS) is 17.8. The van der Waals surface area contributed by atoms with Crippen LogP contribution in [0.5, 0.6) is 0 Å². The lowest BCUT2D eigenvalue weighted by molar-refractivity contribution is 0.0702. The Morgan fingerprint density at radius 2 is 1.94 bits per heavy atom. The van der Waals surface area contributed by atoms with Crippen LogP contribution in [0, 0.1) is 0 Å². The molecule has 0 aromatic carbocycles. The monoisotopic (exact) mass is 289 g/mol. The molecule has 1 aliphatic rings. The maximum absolute atomic E-state index is 12.0. The highest BCUT2D eigenvalue weighted by Gasteiger charge is 2.24. The quantitative estimate of drug-likeness (QED) is 0.888. The zero-order valence-electron chi connectivity index (χ0n) is 9.76. The summed E-state index contributed by atoms with van der Waals surface area (Å²) in [6, 6.07) is 2.65. The van der Waals surface area contributed by atoms with Gasteiger partial charge in [0.1, 0.15) is 9.09 Å². The minimum Gasteiger partial charge on any atom is -0.477 e. The van der Waals surface area contributed by atoms with E-state index >= 15 is 0 Å². The minimum absolute atomic E-state index is 0.0147. The molecule has 1 aromatic rings. The van der Waals surface area contributed by atoms with Crippen molar-refractivity contribution < 1.29 is 18.3 Å². The zero-order chi connectivity index (χ0) is 13.2. The molecule has 0 spiro atoms. The van der Waals surface area contributed by atoms with Gasteiger partial charge in [0, 0.05) is 6.04 Å². The van der Waals surface area contributed by atoms with E-state index in [4.69, 9.17) is 5.11 Å². The summed E-state index contributed by atoms with van der Waals surface area (Å²) < 4.78 is 26.8. The lowest BCUT2D eigenvalue weighted by Gasteiger charge is -2.22. The van der Waals surface area contributed by atoms with E-state index in [9.17, 15) is 13.2 Å². The molecule has 2 N–H and O–H groups in total. The van der Waals surface area contributed by atoms with Gasteiger partial charge in [0.15, 0.2) is 0 Å². The van der Waals surface area contributed by atoms with Crippen molar-refractivity contribution in [3.63, 3.8) is 0 Å². The van der Waals surface area contributed by atoms with Crippen molar-refractivity contribution in [1.82, 2.24) is 4.72 Å². The second kappa shape index (κ2) is 5.38. The first kappa shape index (κ1) is 13.5. The molecule has 1 saturated carbocycles. The molecule has 0 bridgehead atoms. The van der Waals surface area contributed by atoms with Gasteiger partial charge in [-0.3, -0.25) is 0 Å². The van der Waals surface area contributed by atoms with E-state index in [1.165, 1.54) is 12.1 Å². The van der Waals surface area contributed by atoms with Gasteiger partial charge in [0.2, 0.25) is 10.0 Å². The van der Waals surface area contributed by atoms with E-state index in [1.807, 2.05) is 0 Å². The lowest BCUT2D eigenvalue weighted by Crippen LogP contribution is -2.35. The number of rotatable bonds is 4. The highest BCUT2D eigenvalue weighted by molar-refractivity contribution is 7.91. The molecule has 7 heteroatoms. The van der Waals surface area contributed by atoms with Crippen molar-refractivity contribution >= 4 is 27.3 Å². The van der Waals surface area contributed by atoms with Crippen LogP contribution in [0.15, 0.2) is 16.3 Å². The van der Waals surface area contributed by atoms with E-state index in [0.717, 1.165) is 43.4 Å². The predicted molar refractivity (Wildman–Crippen MR) is 68.5 cm³/mol. The summed E-state index contributed by atoms with van der Waals surface area (Å²) in [7, 11) is -3.57. The first-order chi connectivity index (χ1) is 8.49. The minimum atomic E-state index is -3.57. The molecule has 1 aromatic heterocycles. The van der Waals surface area contributed by atoms with E-state index in [0.29, 0.717) is 0 Å². The largest absolute Gasteiger partial charge is 0.477 e. The van der Waals surface area contributed by atoms with Crippen molar-refractivity contribution in [2.45, 2.75) is 42.4 Å². The summed E-state index contributed by atoms with van der Waals surface area (Å²) in [5.41, 5.74) is 0. The summed E-state index contributed by atoms with van der Waals surface area (Å²) in [6.45, 7) is 0. The number of hydrogen-bond acceptors (Lipinski definition) is 4. The van der Waals surface area contributed by atoms with Crippen LogP contribution in [0.1, 0.15) is 41.8 Å². The number of hydrogen-bond donors (Lipinski definition) is 2. The van der Waals surface area contributed by atoms with Gasteiger partial charge < -0.3 is 5.11 Å². The van der Waals surface area contributed by atoms with E-state index in [2.05, 4.69) is 4.72 Å². The van der Waals surface area contributed by atoms with Crippen molar-refractivity contribution in [3.05, 3.63) is 17.0 Å². The number of carbonyl (C=O) groups is 1. The van der Waals surface area contributed by atoms with Crippen LogP contribution in [0.3, 0.4) is 0 Å². The molecule has 2 rings (SSSR count). The SMILES string of the molecule is O=C(O)c1ccc(S(=O)(=O)NC2CCCCC2)s1. The van der Waals surface area contributed by atoms with Crippen molar-refractivity contribution in [3.8, 4) is 0 Å². The summed E-state index contributed by atoms with van der Waals surface area (Å²) in [6.07, 6.45) is 4.95. The highest BCUT2D eigenvalue weighted by atomic mass is 32.2. The fraction of sp³-hybridized carbons (Fsp3) is 0.545. The Bertz CT molecular complexity index is 529. The van der Waals surface area contributed by atoms with Crippen LogP contribution in [0.4, 0.5) is 0 Å². The maximum atomic E-state index is 12.0. The highest BCUT2D eigenvalue weighted by Crippen LogP contribution is 2.24. The van der Waals surface area contributed by atoms with Crippen LogP contribution in [0.25, 0.3) is 0 Å². The number of aromatic carboxylic acids is 1. The molecule has 0 atom stereocenters. The molecule has 0 saturated heterocycles. The van der Waals surface area contributed by atoms with Gasteiger partial charge in [-0.1, -0.05) is 19.3 Å². The Balaban J connectivity index is 2.11. The van der Waals surface area contributed by atoms with Crippen LogP contribution < -0.4 is 4.72 Å². The number of thiophene rings is 1. The number of nitrogens with one attached hydrogen (secondary N) is 1. The maximum Gasteiger partial charge on any atom is 0.345 e. The molecule has 0 amide bonds. The molecule has 0 unspecified atom stereocenters. The first-order valence-electron chi connectivity index (χ1n) is 5.84. The second-order valence-electron chi connectivity index (χ2n) is 4.38. The van der Waals surface area contributed by atoms with Gasteiger partial charge in [-0.2, -0.15) is 0 Å². The van der Waals surface area contributed by atoms with E-state index in [1.54, 1.807) is 0 Å². The molecule has 100 valence electrons. The average Bonchev–Trinajstić information content (AvgIpc) is 2.79. The molecule has 1 aliphatic carbocycles. The topological polar surface area (TPSA) is 83.5 Å². The standard InChI is InChI=1S/C11H15NO4S2/c13-11(14)9-6-7-10(17-9)18(15,16)12-8-4-2-1-3-5-8/h6-8,12H,1-5H2,(H,13,14). The van der Waals surface area contributed by atoms with Gasteiger partial charge in [-0.25, -0.2) is 17.9 Å². The summed E-state index contributed by atoms with van der Waals surface area (Å²) in [4.78, 5) is 10.8. The molecular formula is C11H15NO4S2. The van der Waals surface area contributed by atoms with Crippen LogP contribution in [-0.2, 0) is 10.0 Å². The number of carboxylic acid groups (broad SMARTS) is 1. The number of sulfonamides is 1. The first-order valence-corrected chi connectivity index (χ1v) is 8.14. The molecule has 1 fully saturated rings. The molecule has 1 heterocycles. The summed E-state index contributed by atoms with van der Waals surface area (Å²) >= 11 is 0.786. The van der Waals surface area contributed by atoms with Crippen molar-refractivity contribution in [1.29, 1.82) is 0 Å². The van der Waals surface area contributed by atoms with Crippen LogP contribution >= 0.6 is 11.3 Å². The Kier molecular flexibility index (Phi) is 4.04. The number of carboxylic acids is 1. The zero-order valence-corrected chi connectivity index (χ0v) is 11.4. The lowest BCUT2D eigenvalue weighted by atomic mass is 9.96. The molecule has 5 nitrogen and oxygen atoms in total. The van der Waals surface area contributed by atoms with Crippen LogP contribution in [0.2, 0.25) is 0 Å². The Morgan fingerprint density at radius 1 is 1.28 bits per heavy atom. The third kappa shape index (κ3) is 3.09. The van der Waals surface area contributed by atoms with Gasteiger partial charge in [-0.05, 0) is 25.0 Å². The third-order valence-corrected chi connectivity index (χ3v) is 6.07. The summed E-state index contributed by atoms with van der Waals surface area (Å²) in [5, 5.41) is 8.78. The second-order valence-corrected chi connectivity index (χ2v) is 7.40. The molecular weight excluding hydrogens is 274 g/mol.